The summed E-state index contributed by atoms with van der Waals surface area (Å²) in [5.74, 6) is -0.460. The molecule has 0 bridgehead atoms. The van der Waals surface area contributed by atoms with Crippen LogP contribution >= 0.6 is 11.3 Å². The minimum absolute atomic E-state index is 0.384. The van der Waals surface area contributed by atoms with Crippen LogP contribution in [0, 0.1) is 0 Å². The molecule has 1 atom stereocenters. The Morgan fingerprint density at radius 1 is 1.15 bits per heavy atom. The van der Waals surface area contributed by atoms with Gasteiger partial charge >= 0.3 is 5.97 Å². The highest BCUT2D eigenvalue weighted by Gasteiger charge is 2.27. The molecule has 8 heteroatoms. The summed E-state index contributed by atoms with van der Waals surface area (Å²) in [6.07, 6.45) is 3.82. The number of ether oxygens (including phenoxy) is 1. The fourth-order valence-corrected chi connectivity index (χ4v) is 3.52. The number of hydrogen-bond acceptors (Lipinski definition) is 7. The quantitative estimate of drug-likeness (QED) is 0.659. The minimum atomic E-state index is -0.896. The Hall–Kier alpha value is -3.13. The average Bonchev–Trinajstić information content (AvgIpc) is 3.17. The molecule has 0 radical (unpaired) electrons. The first-order valence-corrected chi connectivity index (χ1v) is 9.16. The van der Waals surface area contributed by atoms with Crippen molar-refractivity contribution in [2.75, 3.05) is 7.11 Å². The van der Waals surface area contributed by atoms with Crippen molar-refractivity contribution in [1.29, 1.82) is 0 Å². The fraction of sp³-hybridized carbons (Fsp3) is 0.211. The monoisotopic (exact) mass is 382 g/mol. The smallest absolute Gasteiger partial charge is 0.333 e. The Morgan fingerprint density at radius 2 is 1.85 bits per heavy atom. The number of esters is 1. The van der Waals surface area contributed by atoms with Crippen molar-refractivity contribution in [3.05, 3.63) is 64.9 Å². The summed E-state index contributed by atoms with van der Waals surface area (Å²) in [6, 6.07) is 9.78. The second-order valence-electron chi connectivity index (χ2n) is 5.56. The van der Waals surface area contributed by atoms with E-state index >= 15 is 0 Å². The molecule has 7 nitrogen and oxygen atoms in total. The van der Waals surface area contributed by atoms with Gasteiger partial charge in [-0.2, -0.15) is 0 Å². The molecular formula is C19H18N4O3S. The van der Waals surface area contributed by atoms with Crippen molar-refractivity contribution in [1.82, 2.24) is 20.3 Å². The van der Waals surface area contributed by atoms with Gasteiger partial charge in [-0.3, -0.25) is 4.79 Å². The van der Waals surface area contributed by atoms with Crippen molar-refractivity contribution >= 4 is 23.2 Å². The summed E-state index contributed by atoms with van der Waals surface area (Å²) in [6.45, 7) is 1.91. The normalized spacial score (nSPS) is 11.6. The van der Waals surface area contributed by atoms with Crippen LogP contribution < -0.4 is 5.32 Å². The standard InChI is InChI=1S/C19H18N4O3S/c1-3-13-15(27-18(22-13)16-20-10-7-11-21-16)17(24)23-14(19(25)26-2)12-8-5-4-6-9-12/h4-11,14H,3H2,1-2H3,(H,23,24)/t14-/m0/s1. The predicted octanol–water partition coefficient (Wildman–Crippen LogP) is 2.81. The third-order valence-corrected chi connectivity index (χ3v) is 4.93. The first-order chi connectivity index (χ1) is 13.1. The number of aryl methyl sites for hydroxylation is 1. The van der Waals surface area contributed by atoms with Gasteiger partial charge in [-0.05, 0) is 18.1 Å². The highest BCUT2D eigenvalue weighted by Crippen LogP contribution is 2.27. The van der Waals surface area contributed by atoms with E-state index < -0.39 is 12.0 Å². The van der Waals surface area contributed by atoms with Gasteiger partial charge in [-0.1, -0.05) is 37.3 Å². The lowest BCUT2D eigenvalue weighted by Crippen LogP contribution is -2.34. The third-order valence-electron chi connectivity index (χ3n) is 3.84. The molecule has 0 fully saturated rings. The maximum absolute atomic E-state index is 12.9. The van der Waals surface area contributed by atoms with E-state index in [1.165, 1.54) is 18.4 Å². The summed E-state index contributed by atoms with van der Waals surface area (Å²) in [5.41, 5.74) is 1.28. The molecule has 27 heavy (non-hydrogen) atoms. The van der Waals surface area contributed by atoms with E-state index in [0.29, 0.717) is 33.4 Å². The summed E-state index contributed by atoms with van der Waals surface area (Å²) in [7, 11) is 1.29. The van der Waals surface area contributed by atoms with Crippen LogP contribution in [0.4, 0.5) is 0 Å². The molecule has 0 aliphatic heterocycles. The molecule has 1 N–H and O–H groups in total. The number of benzene rings is 1. The molecule has 3 rings (SSSR count). The van der Waals surface area contributed by atoms with Crippen molar-refractivity contribution in [2.45, 2.75) is 19.4 Å². The topological polar surface area (TPSA) is 94.1 Å². The highest BCUT2D eigenvalue weighted by molar-refractivity contribution is 7.17. The van der Waals surface area contributed by atoms with Crippen LogP contribution in [0.25, 0.3) is 10.8 Å². The molecule has 2 aromatic heterocycles. The summed E-state index contributed by atoms with van der Waals surface area (Å²) in [4.78, 5) is 38.3. The number of methoxy groups -OCH3 is 1. The van der Waals surface area contributed by atoms with E-state index in [9.17, 15) is 9.59 Å². The van der Waals surface area contributed by atoms with Crippen LogP contribution in [0.5, 0.6) is 0 Å². The van der Waals surface area contributed by atoms with Gasteiger partial charge in [0, 0.05) is 12.4 Å². The number of nitrogens with zero attached hydrogens (tertiary/aromatic N) is 3. The summed E-state index contributed by atoms with van der Waals surface area (Å²) < 4.78 is 4.85. The lowest BCUT2D eigenvalue weighted by Gasteiger charge is -2.16. The first kappa shape index (κ1) is 18.7. The van der Waals surface area contributed by atoms with E-state index in [0.717, 1.165) is 0 Å². The Bertz CT molecular complexity index is 929. The summed E-state index contributed by atoms with van der Waals surface area (Å²) in [5, 5.41) is 3.32. The Morgan fingerprint density at radius 3 is 2.48 bits per heavy atom. The molecule has 0 unspecified atom stereocenters. The minimum Gasteiger partial charge on any atom is -0.467 e. The third kappa shape index (κ3) is 4.17. The van der Waals surface area contributed by atoms with Crippen LogP contribution in [-0.2, 0) is 16.0 Å². The molecule has 0 saturated carbocycles. The van der Waals surface area contributed by atoms with E-state index in [1.54, 1.807) is 42.7 Å². The van der Waals surface area contributed by atoms with Crippen LogP contribution in [-0.4, -0.2) is 33.9 Å². The highest BCUT2D eigenvalue weighted by atomic mass is 32.1. The van der Waals surface area contributed by atoms with E-state index in [4.69, 9.17) is 4.74 Å². The number of hydrogen-bond donors (Lipinski definition) is 1. The van der Waals surface area contributed by atoms with Gasteiger partial charge in [0.2, 0.25) is 0 Å². The Labute approximate surface area is 160 Å². The van der Waals surface area contributed by atoms with Crippen molar-refractivity contribution in [3.8, 4) is 10.8 Å². The van der Waals surface area contributed by atoms with Crippen molar-refractivity contribution in [3.63, 3.8) is 0 Å². The zero-order valence-electron chi connectivity index (χ0n) is 14.9. The molecule has 3 aromatic rings. The number of nitrogens with one attached hydrogen (secondary N) is 1. The molecule has 2 heterocycles. The fourth-order valence-electron chi connectivity index (χ4n) is 2.51. The average molecular weight is 382 g/mol. The zero-order valence-corrected chi connectivity index (χ0v) is 15.7. The van der Waals surface area contributed by atoms with Crippen LogP contribution in [0.15, 0.2) is 48.8 Å². The van der Waals surface area contributed by atoms with Gasteiger partial charge in [0.15, 0.2) is 16.9 Å². The molecule has 138 valence electrons. The SMILES string of the molecule is CCc1nc(-c2ncccn2)sc1C(=O)N[C@H](C(=O)OC)c1ccccc1. The molecule has 1 aromatic carbocycles. The number of carbonyl (C=O) groups excluding carboxylic acids is 2. The molecule has 0 aliphatic rings. The van der Waals surface area contributed by atoms with Crippen LogP contribution in [0.3, 0.4) is 0 Å². The van der Waals surface area contributed by atoms with Gasteiger partial charge < -0.3 is 10.1 Å². The molecule has 1 amide bonds. The van der Waals surface area contributed by atoms with Crippen molar-refractivity contribution < 1.29 is 14.3 Å². The Kier molecular flexibility index (Phi) is 5.87. The second kappa shape index (κ2) is 8.50. The van der Waals surface area contributed by atoms with Crippen molar-refractivity contribution in [2.24, 2.45) is 0 Å². The van der Waals surface area contributed by atoms with Gasteiger partial charge in [0.1, 0.15) is 4.88 Å². The van der Waals surface area contributed by atoms with Crippen LogP contribution in [0.1, 0.15) is 33.9 Å². The number of thiazole rings is 1. The largest absolute Gasteiger partial charge is 0.467 e. The van der Waals surface area contributed by atoms with Gasteiger partial charge in [-0.15, -0.1) is 11.3 Å². The number of aromatic nitrogens is 3. The van der Waals surface area contributed by atoms with E-state index in [2.05, 4.69) is 20.3 Å². The Balaban J connectivity index is 1.90. The number of amides is 1. The lowest BCUT2D eigenvalue weighted by atomic mass is 10.1. The zero-order chi connectivity index (χ0) is 19.2. The number of rotatable bonds is 6. The molecule has 0 spiro atoms. The first-order valence-electron chi connectivity index (χ1n) is 8.34. The molecule has 0 aliphatic carbocycles. The molecule has 0 saturated heterocycles. The summed E-state index contributed by atoms with van der Waals surface area (Å²) >= 11 is 1.20. The van der Waals surface area contributed by atoms with Crippen LogP contribution in [0.2, 0.25) is 0 Å². The van der Waals surface area contributed by atoms with Gasteiger partial charge in [0.05, 0.1) is 12.8 Å². The van der Waals surface area contributed by atoms with Gasteiger partial charge in [-0.25, -0.2) is 19.7 Å². The van der Waals surface area contributed by atoms with Gasteiger partial charge in [0.25, 0.3) is 5.91 Å². The predicted molar refractivity (Wildman–Crippen MR) is 101 cm³/mol. The van der Waals surface area contributed by atoms with E-state index in [-0.39, 0.29) is 5.91 Å². The maximum Gasteiger partial charge on any atom is 0.333 e. The lowest BCUT2D eigenvalue weighted by molar-refractivity contribution is -0.143. The maximum atomic E-state index is 12.9. The molecular weight excluding hydrogens is 364 g/mol. The second-order valence-corrected chi connectivity index (χ2v) is 6.56. The number of carbonyl (C=O) groups is 2. The van der Waals surface area contributed by atoms with E-state index in [1.807, 2.05) is 13.0 Å².